The number of hydrogen-bond acceptors (Lipinski definition) is 6. The maximum absolute atomic E-state index is 12.7. The van der Waals surface area contributed by atoms with Crippen LogP contribution in [0.2, 0.25) is 0 Å². The largest absolute Gasteiger partial charge is 0.493 e. The molecule has 0 saturated carbocycles. The van der Waals surface area contributed by atoms with Crippen LogP contribution in [0, 0.1) is 6.92 Å². The molecule has 0 N–H and O–H groups in total. The number of carbonyl (C=O) groups excluding carboxylic acids is 2. The van der Waals surface area contributed by atoms with Crippen molar-refractivity contribution in [3.63, 3.8) is 0 Å². The minimum absolute atomic E-state index is 0.0259. The van der Waals surface area contributed by atoms with Gasteiger partial charge in [0, 0.05) is 5.56 Å². The molecule has 0 fully saturated rings. The van der Waals surface area contributed by atoms with Crippen LogP contribution in [0.3, 0.4) is 0 Å². The topological polar surface area (TPSA) is 71.1 Å². The number of rotatable bonds is 6. The van der Waals surface area contributed by atoms with Gasteiger partial charge in [0.05, 0.1) is 19.8 Å². The normalized spacial score (nSPS) is 13.9. The third-order valence-electron chi connectivity index (χ3n) is 4.17. The molecule has 1 aliphatic rings. The second kappa shape index (κ2) is 7.53. The second-order valence-corrected chi connectivity index (χ2v) is 6.11. The summed E-state index contributed by atoms with van der Waals surface area (Å²) in [7, 11) is 3.11. The van der Waals surface area contributed by atoms with E-state index in [-0.39, 0.29) is 23.9 Å². The van der Waals surface area contributed by atoms with Gasteiger partial charge < -0.3 is 18.9 Å². The van der Waals surface area contributed by atoms with Gasteiger partial charge in [-0.05, 0) is 49.8 Å². The van der Waals surface area contributed by atoms with E-state index in [0.717, 1.165) is 5.56 Å². The number of Topliss-reactive ketones (excluding diaryl/α,β-unsaturated/α-hetero) is 2. The molecule has 0 atom stereocenters. The Balaban J connectivity index is 1.91. The average molecular weight is 368 g/mol. The van der Waals surface area contributed by atoms with Gasteiger partial charge in [0.2, 0.25) is 5.78 Å². The number of ketones is 2. The van der Waals surface area contributed by atoms with E-state index in [0.29, 0.717) is 34.1 Å². The number of ether oxygens (including phenoxy) is 4. The summed E-state index contributed by atoms with van der Waals surface area (Å²) in [5, 5.41) is 0. The predicted octanol–water partition coefficient (Wildman–Crippen LogP) is 3.60. The standard InChI is InChI=1S/C21H20O6/c1-12(22)11-26-16-8-6-15-20(23)19(27-21(15)13(16)2)10-14-5-7-17(24-3)18(9-14)25-4/h5-10H,11H2,1-4H3. The maximum Gasteiger partial charge on any atom is 0.231 e. The Hall–Kier alpha value is -3.28. The first-order valence-electron chi connectivity index (χ1n) is 8.36. The van der Waals surface area contributed by atoms with Crippen molar-refractivity contribution >= 4 is 17.6 Å². The van der Waals surface area contributed by atoms with Crippen LogP contribution < -0.4 is 18.9 Å². The number of hydrogen-bond donors (Lipinski definition) is 0. The fourth-order valence-corrected chi connectivity index (χ4v) is 2.80. The molecule has 0 spiro atoms. The van der Waals surface area contributed by atoms with E-state index in [2.05, 4.69) is 0 Å². The van der Waals surface area contributed by atoms with Crippen LogP contribution in [0.25, 0.3) is 6.08 Å². The van der Waals surface area contributed by atoms with Gasteiger partial charge in [-0.15, -0.1) is 0 Å². The number of carbonyl (C=O) groups is 2. The average Bonchev–Trinajstić information content (AvgIpc) is 2.97. The van der Waals surface area contributed by atoms with Crippen LogP contribution >= 0.6 is 0 Å². The summed E-state index contributed by atoms with van der Waals surface area (Å²) in [4.78, 5) is 23.8. The lowest BCUT2D eigenvalue weighted by Gasteiger charge is -2.10. The smallest absolute Gasteiger partial charge is 0.231 e. The van der Waals surface area contributed by atoms with Crippen molar-refractivity contribution in [2.45, 2.75) is 13.8 Å². The van der Waals surface area contributed by atoms with Crippen LogP contribution in [-0.2, 0) is 4.79 Å². The number of allylic oxidation sites excluding steroid dienone is 1. The third-order valence-corrected chi connectivity index (χ3v) is 4.17. The van der Waals surface area contributed by atoms with Crippen LogP contribution in [0.4, 0.5) is 0 Å². The zero-order chi connectivity index (χ0) is 19.6. The highest BCUT2D eigenvalue weighted by molar-refractivity contribution is 6.15. The summed E-state index contributed by atoms with van der Waals surface area (Å²) in [6, 6.07) is 8.66. The van der Waals surface area contributed by atoms with Crippen molar-refractivity contribution in [3.05, 3.63) is 52.8 Å². The molecule has 1 heterocycles. The van der Waals surface area contributed by atoms with Gasteiger partial charge in [-0.3, -0.25) is 9.59 Å². The van der Waals surface area contributed by atoms with Crippen molar-refractivity contribution in [1.82, 2.24) is 0 Å². The van der Waals surface area contributed by atoms with Gasteiger partial charge in [-0.1, -0.05) is 6.07 Å². The van der Waals surface area contributed by atoms with E-state index in [1.54, 1.807) is 51.5 Å². The number of fused-ring (bicyclic) bond motifs is 1. The highest BCUT2D eigenvalue weighted by atomic mass is 16.5. The van der Waals surface area contributed by atoms with E-state index < -0.39 is 0 Å². The van der Waals surface area contributed by atoms with Gasteiger partial charge in [0.15, 0.2) is 23.0 Å². The maximum atomic E-state index is 12.7. The highest BCUT2D eigenvalue weighted by Gasteiger charge is 2.30. The van der Waals surface area contributed by atoms with Crippen LogP contribution in [0.1, 0.15) is 28.4 Å². The van der Waals surface area contributed by atoms with Gasteiger partial charge in [0.25, 0.3) is 0 Å². The van der Waals surface area contributed by atoms with E-state index in [9.17, 15) is 9.59 Å². The Morgan fingerprint density at radius 3 is 2.44 bits per heavy atom. The lowest BCUT2D eigenvalue weighted by molar-refractivity contribution is -0.118. The van der Waals surface area contributed by atoms with E-state index in [1.165, 1.54) is 6.92 Å². The van der Waals surface area contributed by atoms with E-state index >= 15 is 0 Å². The highest BCUT2D eigenvalue weighted by Crippen LogP contribution is 2.39. The van der Waals surface area contributed by atoms with Crippen molar-refractivity contribution in [1.29, 1.82) is 0 Å². The Morgan fingerprint density at radius 1 is 1.07 bits per heavy atom. The quantitative estimate of drug-likeness (QED) is 0.726. The molecule has 27 heavy (non-hydrogen) atoms. The van der Waals surface area contributed by atoms with Crippen molar-refractivity contribution in [3.8, 4) is 23.0 Å². The summed E-state index contributed by atoms with van der Waals surface area (Å²) < 4.78 is 21.8. The minimum Gasteiger partial charge on any atom is -0.493 e. The Kier molecular flexibility index (Phi) is 5.16. The number of benzene rings is 2. The van der Waals surface area contributed by atoms with Crippen molar-refractivity contribution in [2.24, 2.45) is 0 Å². The van der Waals surface area contributed by atoms with Gasteiger partial charge >= 0.3 is 0 Å². The van der Waals surface area contributed by atoms with Crippen molar-refractivity contribution < 1.29 is 28.5 Å². The summed E-state index contributed by atoms with van der Waals surface area (Å²) >= 11 is 0. The summed E-state index contributed by atoms with van der Waals surface area (Å²) in [5.41, 5.74) is 1.89. The molecule has 1 aliphatic heterocycles. The first-order valence-corrected chi connectivity index (χ1v) is 8.36. The van der Waals surface area contributed by atoms with Gasteiger partial charge in [-0.2, -0.15) is 0 Å². The molecule has 0 radical (unpaired) electrons. The molecular weight excluding hydrogens is 348 g/mol. The Morgan fingerprint density at radius 2 is 1.78 bits per heavy atom. The van der Waals surface area contributed by atoms with E-state index in [4.69, 9.17) is 18.9 Å². The van der Waals surface area contributed by atoms with Crippen LogP contribution in [-0.4, -0.2) is 32.4 Å². The molecule has 0 aliphatic carbocycles. The molecule has 0 saturated heterocycles. The minimum atomic E-state index is -0.207. The summed E-state index contributed by atoms with van der Waals surface area (Å²) in [6.07, 6.45) is 1.65. The molecule has 2 aromatic carbocycles. The molecule has 0 unspecified atom stereocenters. The summed E-state index contributed by atoms with van der Waals surface area (Å²) in [6.45, 7) is 3.22. The molecule has 0 bridgehead atoms. The molecule has 140 valence electrons. The van der Waals surface area contributed by atoms with Crippen LogP contribution in [0.15, 0.2) is 36.1 Å². The lowest BCUT2D eigenvalue weighted by atomic mass is 10.1. The summed E-state index contributed by atoms with van der Waals surface area (Å²) in [5.74, 6) is 2.05. The lowest BCUT2D eigenvalue weighted by Crippen LogP contribution is -2.07. The second-order valence-electron chi connectivity index (χ2n) is 6.11. The van der Waals surface area contributed by atoms with Gasteiger partial charge in [-0.25, -0.2) is 0 Å². The van der Waals surface area contributed by atoms with Crippen molar-refractivity contribution in [2.75, 3.05) is 20.8 Å². The number of methoxy groups -OCH3 is 2. The monoisotopic (exact) mass is 368 g/mol. The predicted molar refractivity (Wildman–Crippen MR) is 99.8 cm³/mol. The van der Waals surface area contributed by atoms with Gasteiger partial charge in [0.1, 0.15) is 18.1 Å². The fourth-order valence-electron chi connectivity index (χ4n) is 2.80. The Labute approximate surface area is 157 Å². The molecule has 6 heteroatoms. The first-order chi connectivity index (χ1) is 12.9. The van der Waals surface area contributed by atoms with E-state index in [1.807, 2.05) is 6.07 Å². The zero-order valence-corrected chi connectivity index (χ0v) is 15.6. The Bertz CT molecular complexity index is 942. The van der Waals surface area contributed by atoms with Crippen LogP contribution in [0.5, 0.6) is 23.0 Å². The fraction of sp³-hybridized carbons (Fsp3) is 0.238. The SMILES string of the molecule is COc1ccc(C=C2Oc3c(ccc(OCC(C)=O)c3C)C2=O)cc1OC. The molecule has 2 aromatic rings. The molecular formula is C21H20O6. The third kappa shape index (κ3) is 3.65. The first kappa shape index (κ1) is 18.5. The molecule has 0 aromatic heterocycles. The molecule has 0 amide bonds. The zero-order valence-electron chi connectivity index (χ0n) is 15.6. The molecule has 6 nitrogen and oxygen atoms in total. The molecule has 3 rings (SSSR count).